The van der Waals surface area contributed by atoms with Gasteiger partial charge in [-0.15, -0.1) is 10.2 Å². The monoisotopic (exact) mass is 408 g/mol. The zero-order valence-electron chi connectivity index (χ0n) is 16.9. The minimum atomic E-state index is 0.0285. The van der Waals surface area contributed by atoms with Crippen molar-refractivity contribution in [2.45, 2.75) is 40.3 Å². The number of nitrogen functional groups attached to an aromatic ring is 1. The second kappa shape index (κ2) is 7.67. The maximum Gasteiger partial charge on any atom is 0.211 e. The standard InChI is InChI=1S/C20H24N8S/c1-12-10-13(2)28(25-12)15(4)19-23-24-20(29-19)22-18-8-9-27(26-18)11-16-6-5-7-17(21)14(16)3/h5-10,15H,11,21H2,1-4H3,(H,22,24,26). The van der Waals surface area contributed by atoms with Gasteiger partial charge in [-0.05, 0) is 51.0 Å². The molecule has 1 atom stereocenters. The van der Waals surface area contributed by atoms with E-state index in [0.29, 0.717) is 11.7 Å². The van der Waals surface area contributed by atoms with Gasteiger partial charge in [0.05, 0.1) is 12.2 Å². The molecule has 1 aromatic carbocycles. The van der Waals surface area contributed by atoms with E-state index in [1.807, 2.05) is 54.5 Å². The summed E-state index contributed by atoms with van der Waals surface area (Å²) in [5.74, 6) is 0.730. The maximum atomic E-state index is 6.00. The van der Waals surface area contributed by atoms with Gasteiger partial charge in [0.2, 0.25) is 5.13 Å². The summed E-state index contributed by atoms with van der Waals surface area (Å²) in [6, 6.07) is 9.96. The Bertz CT molecular complexity index is 1140. The predicted octanol–water partition coefficient (Wildman–Crippen LogP) is 3.84. The molecule has 9 heteroatoms. The molecule has 0 aliphatic heterocycles. The van der Waals surface area contributed by atoms with E-state index in [0.717, 1.165) is 39.0 Å². The van der Waals surface area contributed by atoms with Crippen LogP contribution in [0.25, 0.3) is 0 Å². The Balaban J connectivity index is 1.46. The summed E-state index contributed by atoms with van der Waals surface area (Å²) >= 11 is 1.51. The van der Waals surface area contributed by atoms with Crippen LogP contribution in [0.1, 0.15) is 40.5 Å². The van der Waals surface area contributed by atoms with Crippen LogP contribution in [0.4, 0.5) is 16.6 Å². The second-order valence-corrected chi connectivity index (χ2v) is 8.16. The molecule has 1 unspecified atom stereocenters. The number of nitrogens with zero attached hydrogens (tertiary/aromatic N) is 6. The molecule has 4 rings (SSSR count). The third-order valence-electron chi connectivity index (χ3n) is 4.91. The first-order chi connectivity index (χ1) is 13.9. The van der Waals surface area contributed by atoms with Gasteiger partial charge < -0.3 is 11.1 Å². The highest BCUT2D eigenvalue weighted by molar-refractivity contribution is 7.15. The molecule has 0 saturated heterocycles. The van der Waals surface area contributed by atoms with Crippen molar-refractivity contribution in [2.24, 2.45) is 0 Å². The molecule has 0 bridgehead atoms. The van der Waals surface area contributed by atoms with Crippen molar-refractivity contribution in [2.75, 3.05) is 11.1 Å². The van der Waals surface area contributed by atoms with Crippen molar-refractivity contribution in [3.05, 3.63) is 64.1 Å². The van der Waals surface area contributed by atoms with Gasteiger partial charge in [-0.25, -0.2) is 0 Å². The average Bonchev–Trinajstić information content (AvgIpc) is 3.40. The van der Waals surface area contributed by atoms with E-state index in [9.17, 15) is 0 Å². The van der Waals surface area contributed by atoms with Crippen LogP contribution in [0.15, 0.2) is 36.5 Å². The van der Waals surface area contributed by atoms with Gasteiger partial charge in [-0.3, -0.25) is 9.36 Å². The number of anilines is 3. The van der Waals surface area contributed by atoms with E-state index in [-0.39, 0.29) is 6.04 Å². The fourth-order valence-corrected chi connectivity index (χ4v) is 4.06. The first-order valence-corrected chi connectivity index (χ1v) is 10.2. The maximum absolute atomic E-state index is 6.00. The molecule has 0 fully saturated rings. The molecule has 150 valence electrons. The van der Waals surface area contributed by atoms with Gasteiger partial charge in [0.25, 0.3) is 0 Å². The number of nitrogens with one attached hydrogen (secondary N) is 1. The SMILES string of the molecule is Cc1cc(C)n(C(C)c2nnc(Nc3ccn(Cc4cccc(N)c4C)n3)s2)n1. The Labute approximate surface area is 173 Å². The largest absolute Gasteiger partial charge is 0.399 e. The average molecular weight is 409 g/mol. The number of hydrogen-bond acceptors (Lipinski definition) is 7. The van der Waals surface area contributed by atoms with Gasteiger partial charge in [-0.1, -0.05) is 23.5 Å². The highest BCUT2D eigenvalue weighted by atomic mass is 32.1. The topological polar surface area (TPSA) is 99.5 Å². The lowest BCUT2D eigenvalue weighted by atomic mass is 10.1. The highest BCUT2D eigenvalue weighted by Gasteiger charge is 2.17. The van der Waals surface area contributed by atoms with E-state index in [2.05, 4.69) is 44.8 Å². The summed E-state index contributed by atoms with van der Waals surface area (Å²) in [7, 11) is 0. The fraction of sp³-hybridized carbons (Fsp3) is 0.300. The van der Waals surface area contributed by atoms with Crippen molar-refractivity contribution in [1.82, 2.24) is 29.8 Å². The minimum absolute atomic E-state index is 0.0285. The van der Waals surface area contributed by atoms with Crippen LogP contribution in [0.2, 0.25) is 0 Å². The molecule has 0 radical (unpaired) electrons. The molecule has 3 N–H and O–H groups in total. The van der Waals surface area contributed by atoms with Gasteiger partial charge in [0.15, 0.2) is 5.82 Å². The van der Waals surface area contributed by atoms with Crippen LogP contribution in [-0.4, -0.2) is 29.8 Å². The quantitative estimate of drug-likeness (QED) is 0.470. The summed E-state index contributed by atoms with van der Waals surface area (Å²) < 4.78 is 3.85. The van der Waals surface area contributed by atoms with Crippen molar-refractivity contribution in [1.29, 1.82) is 0 Å². The lowest BCUT2D eigenvalue weighted by Crippen LogP contribution is -2.10. The van der Waals surface area contributed by atoms with Gasteiger partial charge in [0, 0.05) is 23.6 Å². The van der Waals surface area contributed by atoms with Gasteiger partial charge >= 0.3 is 0 Å². The first kappa shape index (κ1) is 19.1. The van der Waals surface area contributed by atoms with Crippen LogP contribution < -0.4 is 11.1 Å². The van der Waals surface area contributed by atoms with Crippen LogP contribution in [0.3, 0.4) is 0 Å². The van der Waals surface area contributed by atoms with Crippen LogP contribution in [0.5, 0.6) is 0 Å². The third kappa shape index (κ3) is 4.00. The van der Waals surface area contributed by atoms with Crippen molar-refractivity contribution in [3.63, 3.8) is 0 Å². The number of benzene rings is 1. The molecule has 29 heavy (non-hydrogen) atoms. The van der Waals surface area contributed by atoms with E-state index in [1.165, 1.54) is 11.3 Å². The Morgan fingerprint density at radius 3 is 2.72 bits per heavy atom. The van der Waals surface area contributed by atoms with E-state index < -0.39 is 0 Å². The Kier molecular flexibility index (Phi) is 5.06. The molecule has 0 saturated carbocycles. The first-order valence-electron chi connectivity index (χ1n) is 9.41. The minimum Gasteiger partial charge on any atom is -0.399 e. The molecule has 0 aliphatic carbocycles. The van der Waals surface area contributed by atoms with Crippen LogP contribution in [0, 0.1) is 20.8 Å². The van der Waals surface area contributed by atoms with E-state index >= 15 is 0 Å². The number of aromatic nitrogens is 6. The van der Waals surface area contributed by atoms with E-state index in [4.69, 9.17) is 5.73 Å². The molecule has 8 nitrogen and oxygen atoms in total. The number of nitrogens with two attached hydrogens (primary N) is 1. The van der Waals surface area contributed by atoms with Crippen LogP contribution >= 0.6 is 11.3 Å². The lowest BCUT2D eigenvalue weighted by Gasteiger charge is -2.10. The molecule has 0 amide bonds. The zero-order valence-corrected chi connectivity index (χ0v) is 17.7. The molecule has 0 spiro atoms. The summed E-state index contributed by atoms with van der Waals surface area (Å²) in [6.07, 6.45) is 1.94. The van der Waals surface area contributed by atoms with Crippen LogP contribution in [-0.2, 0) is 6.54 Å². The fourth-order valence-electron chi connectivity index (χ4n) is 3.27. The summed E-state index contributed by atoms with van der Waals surface area (Å²) in [4.78, 5) is 0. The van der Waals surface area contributed by atoms with E-state index in [1.54, 1.807) is 0 Å². The lowest BCUT2D eigenvalue weighted by molar-refractivity contribution is 0.540. The van der Waals surface area contributed by atoms with Gasteiger partial charge in [-0.2, -0.15) is 10.2 Å². The third-order valence-corrected chi connectivity index (χ3v) is 5.91. The molecule has 3 aromatic heterocycles. The number of rotatable bonds is 6. The number of aryl methyl sites for hydroxylation is 2. The molecule has 0 aliphatic rings. The predicted molar refractivity (Wildman–Crippen MR) is 116 cm³/mol. The van der Waals surface area contributed by atoms with Crippen molar-refractivity contribution < 1.29 is 0 Å². The Morgan fingerprint density at radius 1 is 1.14 bits per heavy atom. The summed E-state index contributed by atoms with van der Waals surface area (Å²) in [6.45, 7) is 8.80. The van der Waals surface area contributed by atoms with Crippen molar-refractivity contribution in [3.8, 4) is 0 Å². The summed E-state index contributed by atoms with van der Waals surface area (Å²) in [5, 5.41) is 22.6. The summed E-state index contributed by atoms with van der Waals surface area (Å²) in [5.41, 5.74) is 11.1. The molecular formula is C20H24N8S. The Morgan fingerprint density at radius 2 is 1.97 bits per heavy atom. The normalized spacial score (nSPS) is 12.3. The molecular weight excluding hydrogens is 384 g/mol. The zero-order chi connectivity index (χ0) is 20.5. The highest BCUT2D eigenvalue weighted by Crippen LogP contribution is 2.27. The second-order valence-electron chi connectivity index (χ2n) is 7.15. The molecule has 3 heterocycles. The smallest absolute Gasteiger partial charge is 0.211 e. The van der Waals surface area contributed by atoms with Crippen molar-refractivity contribution >= 4 is 28.0 Å². The number of hydrogen-bond donors (Lipinski definition) is 2. The Hall–Kier alpha value is -3.20. The van der Waals surface area contributed by atoms with Gasteiger partial charge in [0.1, 0.15) is 11.0 Å². The molecule has 4 aromatic rings.